The summed E-state index contributed by atoms with van der Waals surface area (Å²) in [6, 6.07) is 15.8. The second-order valence-corrected chi connectivity index (χ2v) is 8.20. The van der Waals surface area contributed by atoms with Gasteiger partial charge in [-0.05, 0) is 19.2 Å². The maximum atomic E-state index is 12.9. The highest BCUT2D eigenvalue weighted by molar-refractivity contribution is 6.23. The Morgan fingerprint density at radius 2 is 1.74 bits per heavy atom. The van der Waals surface area contributed by atoms with Crippen molar-refractivity contribution in [3.05, 3.63) is 64.8 Å². The Labute approximate surface area is 181 Å². The number of aromatic nitrogens is 1. The molecule has 0 aliphatic carbocycles. The summed E-state index contributed by atoms with van der Waals surface area (Å²) in [5.74, 6) is -0.215. The van der Waals surface area contributed by atoms with Gasteiger partial charge in [-0.25, -0.2) is 4.99 Å². The molecule has 2 aliphatic rings. The smallest absolute Gasteiger partial charge is 0.280 e. The summed E-state index contributed by atoms with van der Waals surface area (Å²) in [5, 5.41) is 2.60. The molecule has 3 heterocycles. The van der Waals surface area contributed by atoms with Crippen LogP contribution in [0.25, 0.3) is 16.5 Å². The Balaban J connectivity index is 1.46. The Kier molecular flexibility index (Phi) is 5.31. The molecule has 7 nitrogen and oxygen atoms in total. The molecule has 160 valence electrons. The molecule has 0 bridgehead atoms. The highest BCUT2D eigenvalue weighted by Crippen LogP contribution is 2.34. The monoisotopic (exact) mass is 417 g/mol. The van der Waals surface area contributed by atoms with Crippen molar-refractivity contribution in [2.75, 3.05) is 51.9 Å². The molecule has 1 fully saturated rings. The van der Waals surface area contributed by atoms with Crippen molar-refractivity contribution in [3.63, 3.8) is 0 Å². The van der Waals surface area contributed by atoms with Crippen LogP contribution in [-0.4, -0.2) is 66.7 Å². The van der Waals surface area contributed by atoms with Gasteiger partial charge in [-0.3, -0.25) is 20.0 Å². The molecule has 7 heteroatoms. The zero-order chi connectivity index (χ0) is 21.4. The molecular weight excluding hydrogens is 390 g/mol. The molecule has 5 rings (SSSR count). The number of nitrogens with one attached hydrogen (secondary N) is 1. The fourth-order valence-electron chi connectivity index (χ4n) is 4.45. The van der Waals surface area contributed by atoms with Crippen LogP contribution in [0.4, 0.5) is 5.69 Å². The molecule has 0 unspecified atom stereocenters. The summed E-state index contributed by atoms with van der Waals surface area (Å²) < 4.78 is 2.05. The zero-order valence-electron chi connectivity index (χ0n) is 18.0. The van der Waals surface area contributed by atoms with Crippen LogP contribution >= 0.6 is 0 Å². The predicted molar refractivity (Wildman–Crippen MR) is 121 cm³/mol. The van der Waals surface area contributed by atoms with Gasteiger partial charge in [0, 0.05) is 50.4 Å². The molecule has 1 aromatic heterocycles. The third-order valence-electron chi connectivity index (χ3n) is 6.23. The molecule has 1 amide bonds. The van der Waals surface area contributed by atoms with Gasteiger partial charge in [0.25, 0.3) is 5.91 Å². The number of anilines is 1. The number of likely N-dealkylation sites (N-methyl/N-ethyl adjacent to an activating group) is 1. The molecule has 1 saturated heterocycles. The fraction of sp³-hybridized carbons (Fsp3) is 0.333. The number of aryl methyl sites for hydroxylation is 1. The average molecular weight is 418 g/mol. The van der Waals surface area contributed by atoms with Crippen LogP contribution in [0.15, 0.2) is 53.5 Å². The minimum Gasteiger partial charge on any atom is -0.342 e. The Morgan fingerprint density at radius 1 is 1.00 bits per heavy atom. The number of carbonyl (C=O) groups excluding carboxylic acids is 1. The van der Waals surface area contributed by atoms with Crippen molar-refractivity contribution in [2.45, 2.75) is 0 Å². The summed E-state index contributed by atoms with van der Waals surface area (Å²) in [4.78, 5) is 27.8. The van der Waals surface area contributed by atoms with E-state index in [4.69, 9.17) is 4.84 Å². The number of hydrogen-bond acceptors (Lipinski definition) is 5. The van der Waals surface area contributed by atoms with E-state index in [9.17, 15) is 4.79 Å². The summed E-state index contributed by atoms with van der Waals surface area (Å²) in [6.07, 6.45) is 0. The fourth-order valence-corrected chi connectivity index (χ4v) is 4.45. The number of hydrogen-bond donors (Lipinski definition) is 1. The van der Waals surface area contributed by atoms with E-state index in [2.05, 4.69) is 33.4 Å². The molecular formula is C24H27N5O2. The Morgan fingerprint density at radius 3 is 2.58 bits per heavy atom. The van der Waals surface area contributed by atoms with Gasteiger partial charge in [0.1, 0.15) is 0 Å². The molecule has 0 spiro atoms. The largest absolute Gasteiger partial charge is 0.342 e. The lowest BCUT2D eigenvalue weighted by Crippen LogP contribution is -2.45. The molecule has 2 aliphatic heterocycles. The number of carbonyl (C=O) groups is 1. The van der Waals surface area contributed by atoms with E-state index in [1.807, 2.05) is 54.1 Å². The van der Waals surface area contributed by atoms with Gasteiger partial charge < -0.3 is 9.47 Å². The molecule has 1 N–H and O–H groups in total. The quantitative estimate of drug-likeness (QED) is 0.481. The number of para-hydroxylation sites is 2. The van der Waals surface area contributed by atoms with Crippen molar-refractivity contribution < 1.29 is 9.63 Å². The number of piperazine rings is 1. The van der Waals surface area contributed by atoms with Gasteiger partial charge in [-0.1, -0.05) is 36.4 Å². The van der Waals surface area contributed by atoms with Crippen molar-refractivity contribution in [2.24, 2.45) is 12.0 Å². The van der Waals surface area contributed by atoms with E-state index in [-0.39, 0.29) is 5.91 Å². The van der Waals surface area contributed by atoms with Gasteiger partial charge in [0.05, 0.1) is 34.4 Å². The van der Waals surface area contributed by atoms with E-state index in [0.29, 0.717) is 12.2 Å². The normalized spacial score (nSPS) is 17.2. The summed E-state index contributed by atoms with van der Waals surface area (Å²) >= 11 is 0. The SMILES string of the molecule is CN1CCN(CCONc2c(C3=c4ccccc4=NC3=O)n(C)c3ccccc23)CC1. The van der Waals surface area contributed by atoms with E-state index in [0.717, 1.165) is 65.6 Å². The highest BCUT2D eigenvalue weighted by Gasteiger charge is 2.26. The number of fused-ring (bicyclic) bond motifs is 2. The van der Waals surface area contributed by atoms with Crippen molar-refractivity contribution in [3.8, 4) is 0 Å². The summed E-state index contributed by atoms with van der Waals surface area (Å²) in [5.41, 5.74) is 6.44. The van der Waals surface area contributed by atoms with E-state index < -0.39 is 0 Å². The summed E-state index contributed by atoms with van der Waals surface area (Å²) in [6.45, 7) is 5.73. The predicted octanol–water partition coefficient (Wildman–Crippen LogP) is 1.13. The van der Waals surface area contributed by atoms with Gasteiger partial charge >= 0.3 is 0 Å². The van der Waals surface area contributed by atoms with Crippen LogP contribution in [0, 0.1) is 0 Å². The molecule has 0 saturated carbocycles. The standard InChI is InChI=1S/C24H27N5O2/c1-27-11-13-29(14-12-27)15-16-31-26-22-18-8-4-6-10-20(18)28(2)23(22)21-17-7-3-5-9-19(17)25-24(21)30/h3-10,26H,11-16H2,1-2H3. The number of benzene rings is 2. The molecule has 2 aromatic carbocycles. The number of rotatable bonds is 6. The molecule has 31 heavy (non-hydrogen) atoms. The Hall–Kier alpha value is -3.00. The highest BCUT2D eigenvalue weighted by atomic mass is 16.6. The van der Waals surface area contributed by atoms with Gasteiger partial charge in [0.2, 0.25) is 0 Å². The third kappa shape index (κ3) is 3.65. The maximum absolute atomic E-state index is 12.9. The second kappa shape index (κ2) is 8.26. The zero-order valence-corrected chi connectivity index (χ0v) is 18.0. The number of amides is 1. The van der Waals surface area contributed by atoms with Crippen LogP contribution in [0.1, 0.15) is 5.69 Å². The second-order valence-electron chi connectivity index (χ2n) is 8.20. The van der Waals surface area contributed by atoms with E-state index >= 15 is 0 Å². The lowest BCUT2D eigenvalue weighted by atomic mass is 10.1. The lowest BCUT2D eigenvalue weighted by molar-refractivity contribution is -0.112. The summed E-state index contributed by atoms with van der Waals surface area (Å²) in [7, 11) is 4.14. The van der Waals surface area contributed by atoms with Gasteiger partial charge in [0.15, 0.2) is 0 Å². The number of nitrogens with zero attached hydrogens (tertiary/aromatic N) is 4. The van der Waals surface area contributed by atoms with Crippen LogP contribution in [0.5, 0.6) is 0 Å². The van der Waals surface area contributed by atoms with Crippen LogP contribution in [-0.2, 0) is 16.7 Å². The maximum Gasteiger partial charge on any atom is 0.280 e. The van der Waals surface area contributed by atoms with Crippen LogP contribution in [0.3, 0.4) is 0 Å². The van der Waals surface area contributed by atoms with E-state index in [1.54, 1.807) is 0 Å². The van der Waals surface area contributed by atoms with Crippen LogP contribution < -0.4 is 16.1 Å². The lowest BCUT2D eigenvalue weighted by Gasteiger charge is -2.32. The molecule has 0 atom stereocenters. The first kappa shape index (κ1) is 19.9. The third-order valence-corrected chi connectivity index (χ3v) is 6.23. The topological polar surface area (TPSA) is 62.1 Å². The Bertz CT molecular complexity index is 1250. The minimum absolute atomic E-state index is 0.215. The van der Waals surface area contributed by atoms with E-state index in [1.165, 1.54) is 0 Å². The first-order valence-corrected chi connectivity index (χ1v) is 10.7. The average Bonchev–Trinajstić information content (AvgIpc) is 3.25. The first-order valence-electron chi connectivity index (χ1n) is 10.7. The van der Waals surface area contributed by atoms with Gasteiger partial charge in [-0.15, -0.1) is 0 Å². The van der Waals surface area contributed by atoms with Crippen LogP contribution in [0.2, 0.25) is 0 Å². The van der Waals surface area contributed by atoms with Gasteiger partial charge in [-0.2, -0.15) is 0 Å². The first-order chi connectivity index (χ1) is 15.1. The van der Waals surface area contributed by atoms with Crippen molar-refractivity contribution in [1.82, 2.24) is 14.4 Å². The van der Waals surface area contributed by atoms with Crippen molar-refractivity contribution >= 4 is 28.1 Å². The molecule has 3 aromatic rings. The molecule has 0 radical (unpaired) electrons. The minimum atomic E-state index is -0.215. The van der Waals surface area contributed by atoms with Crippen molar-refractivity contribution in [1.29, 1.82) is 0 Å².